The van der Waals surface area contributed by atoms with Crippen molar-refractivity contribution in [3.8, 4) is 0 Å². The summed E-state index contributed by atoms with van der Waals surface area (Å²) in [7, 11) is 0. The number of carbonyl (C=O) groups is 1. The van der Waals surface area contributed by atoms with Crippen LogP contribution in [0.4, 0.5) is 10.1 Å². The standard InChI is InChI=1S/C13H16BrFN2O/c1-2-17(7-8-3-4-8)13(18)9-5-12(16)11(15)6-10(9)14/h5-6,8H,2-4,7,16H2,1H3. The molecule has 1 fully saturated rings. The largest absolute Gasteiger partial charge is 0.396 e. The number of halogens is 2. The van der Waals surface area contributed by atoms with Crippen LogP contribution in [0.2, 0.25) is 0 Å². The van der Waals surface area contributed by atoms with Crippen molar-refractivity contribution in [2.45, 2.75) is 19.8 Å². The molecule has 2 rings (SSSR count). The molecule has 0 spiro atoms. The Labute approximate surface area is 114 Å². The summed E-state index contributed by atoms with van der Waals surface area (Å²) in [5.41, 5.74) is 5.95. The number of nitrogens with zero attached hydrogens (tertiary/aromatic N) is 1. The third-order valence-electron chi connectivity index (χ3n) is 3.16. The zero-order valence-electron chi connectivity index (χ0n) is 10.2. The fourth-order valence-corrected chi connectivity index (χ4v) is 2.35. The van der Waals surface area contributed by atoms with Gasteiger partial charge < -0.3 is 10.6 Å². The van der Waals surface area contributed by atoms with E-state index in [-0.39, 0.29) is 11.6 Å². The lowest BCUT2D eigenvalue weighted by molar-refractivity contribution is 0.0756. The SMILES string of the molecule is CCN(CC1CC1)C(=O)c1cc(N)c(F)cc1Br. The molecule has 0 unspecified atom stereocenters. The van der Waals surface area contributed by atoms with Crippen LogP contribution in [-0.2, 0) is 0 Å². The van der Waals surface area contributed by atoms with Crippen molar-refractivity contribution in [2.24, 2.45) is 5.92 Å². The van der Waals surface area contributed by atoms with Crippen molar-refractivity contribution in [1.29, 1.82) is 0 Å². The minimum absolute atomic E-state index is 0.00373. The molecule has 18 heavy (non-hydrogen) atoms. The van der Waals surface area contributed by atoms with Gasteiger partial charge in [-0.25, -0.2) is 4.39 Å². The first-order chi connectivity index (χ1) is 8.52. The summed E-state index contributed by atoms with van der Waals surface area (Å²) in [5, 5.41) is 0. The van der Waals surface area contributed by atoms with E-state index in [4.69, 9.17) is 5.73 Å². The van der Waals surface area contributed by atoms with Crippen molar-refractivity contribution >= 4 is 27.5 Å². The molecule has 0 heterocycles. The molecule has 0 atom stereocenters. The topological polar surface area (TPSA) is 46.3 Å². The van der Waals surface area contributed by atoms with Crippen LogP contribution in [0.25, 0.3) is 0 Å². The van der Waals surface area contributed by atoms with E-state index in [9.17, 15) is 9.18 Å². The lowest BCUT2D eigenvalue weighted by Crippen LogP contribution is -2.33. The van der Waals surface area contributed by atoms with E-state index in [1.165, 1.54) is 25.0 Å². The monoisotopic (exact) mass is 314 g/mol. The van der Waals surface area contributed by atoms with Crippen LogP contribution < -0.4 is 5.73 Å². The Balaban J connectivity index is 2.23. The molecule has 0 bridgehead atoms. The van der Waals surface area contributed by atoms with Gasteiger partial charge in [-0.2, -0.15) is 0 Å². The zero-order chi connectivity index (χ0) is 13.3. The quantitative estimate of drug-likeness (QED) is 0.868. The highest BCUT2D eigenvalue weighted by Gasteiger charge is 2.27. The Hall–Kier alpha value is -1.10. The first-order valence-corrected chi connectivity index (χ1v) is 6.86. The molecule has 0 saturated heterocycles. The van der Waals surface area contributed by atoms with Crippen LogP contribution in [0.3, 0.4) is 0 Å². The average Bonchev–Trinajstić information content (AvgIpc) is 3.14. The van der Waals surface area contributed by atoms with E-state index < -0.39 is 5.82 Å². The number of hydrogen-bond acceptors (Lipinski definition) is 2. The van der Waals surface area contributed by atoms with Gasteiger partial charge in [0.1, 0.15) is 5.82 Å². The highest BCUT2D eigenvalue weighted by molar-refractivity contribution is 9.10. The van der Waals surface area contributed by atoms with E-state index in [1.807, 2.05) is 6.92 Å². The van der Waals surface area contributed by atoms with E-state index in [0.717, 1.165) is 6.54 Å². The Morgan fingerprint density at radius 3 is 2.78 bits per heavy atom. The molecule has 98 valence electrons. The van der Waals surface area contributed by atoms with Crippen LogP contribution >= 0.6 is 15.9 Å². The van der Waals surface area contributed by atoms with Crippen molar-refractivity contribution in [1.82, 2.24) is 4.90 Å². The van der Waals surface area contributed by atoms with Gasteiger partial charge in [0.2, 0.25) is 0 Å². The van der Waals surface area contributed by atoms with Gasteiger partial charge in [0.25, 0.3) is 5.91 Å². The lowest BCUT2D eigenvalue weighted by Gasteiger charge is -2.21. The fourth-order valence-electron chi connectivity index (χ4n) is 1.87. The van der Waals surface area contributed by atoms with Gasteiger partial charge in [-0.1, -0.05) is 0 Å². The summed E-state index contributed by atoms with van der Waals surface area (Å²) in [6, 6.07) is 2.64. The molecule has 1 amide bonds. The first kappa shape index (κ1) is 13.3. The summed E-state index contributed by atoms with van der Waals surface area (Å²) < 4.78 is 13.7. The maximum absolute atomic E-state index is 13.2. The minimum atomic E-state index is -0.510. The van der Waals surface area contributed by atoms with Gasteiger partial charge in [0.15, 0.2) is 0 Å². The number of rotatable bonds is 4. The number of anilines is 1. The maximum atomic E-state index is 13.2. The fraction of sp³-hybridized carbons (Fsp3) is 0.462. The molecule has 1 aromatic rings. The molecule has 0 aromatic heterocycles. The number of benzene rings is 1. The zero-order valence-corrected chi connectivity index (χ0v) is 11.8. The molecule has 1 aliphatic carbocycles. The summed E-state index contributed by atoms with van der Waals surface area (Å²) in [6.07, 6.45) is 2.38. The molecule has 1 aliphatic rings. The minimum Gasteiger partial charge on any atom is -0.396 e. The highest BCUT2D eigenvalue weighted by Crippen LogP contribution is 2.31. The molecule has 2 N–H and O–H groups in total. The maximum Gasteiger partial charge on any atom is 0.255 e. The average molecular weight is 315 g/mol. The third-order valence-corrected chi connectivity index (χ3v) is 3.82. The highest BCUT2D eigenvalue weighted by atomic mass is 79.9. The number of nitrogen functional groups attached to an aromatic ring is 1. The van der Waals surface area contributed by atoms with E-state index in [2.05, 4.69) is 15.9 Å². The van der Waals surface area contributed by atoms with Crippen LogP contribution in [0.5, 0.6) is 0 Å². The predicted octanol–water partition coefficient (Wildman–Crippen LogP) is 3.04. The van der Waals surface area contributed by atoms with Gasteiger partial charge >= 0.3 is 0 Å². The van der Waals surface area contributed by atoms with Gasteiger partial charge in [-0.05, 0) is 53.7 Å². The Bertz CT molecular complexity index is 474. The van der Waals surface area contributed by atoms with Crippen LogP contribution in [0.15, 0.2) is 16.6 Å². The number of carbonyl (C=O) groups excluding carboxylic acids is 1. The summed E-state index contributed by atoms with van der Waals surface area (Å²) in [5.74, 6) is 0.0251. The van der Waals surface area contributed by atoms with Crippen LogP contribution in [0.1, 0.15) is 30.1 Å². The number of amides is 1. The summed E-state index contributed by atoms with van der Waals surface area (Å²) in [4.78, 5) is 14.1. The van der Waals surface area contributed by atoms with Gasteiger partial charge in [-0.3, -0.25) is 4.79 Å². The van der Waals surface area contributed by atoms with Crippen LogP contribution in [-0.4, -0.2) is 23.9 Å². The molecular formula is C13H16BrFN2O. The van der Waals surface area contributed by atoms with Crippen molar-refractivity contribution < 1.29 is 9.18 Å². The van der Waals surface area contributed by atoms with E-state index >= 15 is 0 Å². The molecule has 1 aromatic carbocycles. The normalized spacial score (nSPS) is 14.6. The second-order valence-electron chi connectivity index (χ2n) is 4.64. The number of nitrogens with two attached hydrogens (primary N) is 1. The van der Waals surface area contributed by atoms with E-state index in [1.54, 1.807) is 4.90 Å². The van der Waals surface area contributed by atoms with Gasteiger partial charge in [0, 0.05) is 17.6 Å². The smallest absolute Gasteiger partial charge is 0.255 e. The van der Waals surface area contributed by atoms with Crippen molar-refractivity contribution in [2.75, 3.05) is 18.8 Å². The Morgan fingerprint density at radius 2 is 2.22 bits per heavy atom. The molecule has 0 aliphatic heterocycles. The molecule has 3 nitrogen and oxygen atoms in total. The lowest BCUT2D eigenvalue weighted by atomic mass is 10.1. The molecule has 5 heteroatoms. The second kappa shape index (κ2) is 5.26. The van der Waals surface area contributed by atoms with E-state index in [0.29, 0.717) is 22.5 Å². The first-order valence-electron chi connectivity index (χ1n) is 6.06. The third kappa shape index (κ3) is 2.83. The summed E-state index contributed by atoms with van der Waals surface area (Å²) >= 11 is 3.22. The summed E-state index contributed by atoms with van der Waals surface area (Å²) in [6.45, 7) is 3.37. The number of hydrogen-bond donors (Lipinski definition) is 1. The van der Waals surface area contributed by atoms with Gasteiger partial charge in [0.05, 0.1) is 11.3 Å². The molecular weight excluding hydrogens is 299 g/mol. The molecule has 1 saturated carbocycles. The van der Waals surface area contributed by atoms with Crippen molar-refractivity contribution in [3.05, 3.63) is 28.0 Å². The Morgan fingerprint density at radius 1 is 1.56 bits per heavy atom. The second-order valence-corrected chi connectivity index (χ2v) is 5.50. The van der Waals surface area contributed by atoms with Gasteiger partial charge in [-0.15, -0.1) is 0 Å². The predicted molar refractivity (Wildman–Crippen MR) is 72.8 cm³/mol. The van der Waals surface area contributed by atoms with Crippen LogP contribution in [0, 0.1) is 11.7 Å². The molecule has 0 radical (unpaired) electrons. The van der Waals surface area contributed by atoms with Crippen molar-refractivity contribution in [3.63, 3.8) is 0 Å². The Kier molecular flexibility index (Phi) is 3.90.